The van der Waals surface area contributed by atoms with E-state index in [1.165, 1.54) is 43.4 Å². The number of aromatic nitrogens is 3. The van der Waals surface area contributed by atoms with Gasteiger partial charge in [0.1, 0.15) is 10.7 Å². The van der Waals surface area contributed by atoms with Crippen molar-refractivity contribution in [1.82, 2.24) is 14.5 Å². The average molecular weight is 359 g/mol. The summed E-state index contributed by atoms with van der Waals surface area (Å²) in [4.78, 5) is 9.21. The molecule has 0 saturated heterocycles. The number of hydrogen-bond acceptors (Lipinski definition) is 4. The number of halogens is 1. The van der Waals surface area contributed by atoms with E-state index in [1.807, 2.05) is 6.07 Å². The molecule has 1 aliphatic heterocycles. The quantitative estimate of drug-likeness (QED) is 0.794. The van der Waals surface area contributed by atoms with Crippen LogP contribution in [-0.4, -0.2) is 27.2 Å². The van der Waals surface area contributed by atoms with Crippen LogP contribution in [0.2, 0.25) is 5.15 Å². The van der Waals surface area contributed by atoms with Crippen molar-refractivity contribution in [3.05, 3.63) is 28.6 Å². The first-order valence-corrected chi connectivity index (χ1v) is 9.82. The number of imidazole rings is 1. The lowest BCUT2D eigenvalue weighted by atomic mass is 9.82. The van der Waals surface area contributed by atoms with Crippen molar-refractivity contribution >= 4 is 28.7 Å². The summed E-state index contributed by atoms with van der Waals surface area (Å²) >= 11 is 6.09. The Hall–Kier alpha value is -1.59. The Morgan fingerprint density at radius 2 is 2.04 bits per heavy atom. The standard InChI is InChI=1S/C19H23ClN4O/c20-17-9-7-15-18(23-17)24-16-8-6-13(16)14(21-19(24)22-15)10-11-25-12-4-2-1-3-5-12/h7,9,12,16H,1-6,8,10-11H2,(H,21,22). The van der Waals surface area contributed by atoms with Gasteiger partial charge in [-0.2, -0.15) is 0 Å². The molecule has 2 aliphatic carbocycles. The lowest BCUT2D eigenvalue weighted by Gasteiger charge is -2.39. The van der Waals surface area contributed by atoms with E-state index in [4.69, 9.17) is 21.3 Å². The fourth-order valence-electron chi connectivity index (χ4n) is 4.39. The Morgan fingerprint density at radius 1 is 1.16 bits per heavy atom. The summed E-state index contributed by atoms with van der Waals surface area (Å²) in [6, 6.07) is 4.13. The molecule has 0 aromatic carbocycles. The van der Waals surface area contributed by atoms with Crippen LogP contribution in [0.1, 0.15) is 57.4 Å². The first-order valence-electron chi connectivity index (χ1n) is 9.44. The van der Waals surface area contributed by atoms with E-state index in [9.17, 15) is 0 Å². The fourth-order valence-corrected chi connectivity index (χ4v) is 4.53. The number of pyridine rings is 1. The van der Waals surface area contributed by atoms with E-state index in [0.29, 0.717) is 17.3 Å². The van der Waals surface area contributed by atoms with E-state index in [1.54, 1.807) is 6.07 Å². The highest BCUT2D eigenvalue weighted by Gasteiger charge is 2.36. The van der Waals surface area contributed by atoms with Gasteiger partial charge in [-0.25, -0.2) is 9.97 Å². The molecule has 1 N–H and O–H groups in total. The van der Waals surface area contributed by atoms with E-state index < -0.39 is 0 Å². The maximum absolute atomic E-state index is 6.12. The minimum Gasteiger partial charge on any atom is -0.378 e. The highest BCUT2D eigenvalue weighted by molar-refractivity contribution is 6.29. The first-order chi connectivity index (χ1) is 12.3. The van der Waals surface area contributed by atoms with Crippen molar-refractivity contribution in [2.24, 2.45) is 0 Å². The van der Waals surface area contributed by atoms with Crippen molar-refractivity contribution in [3.8, 4) is 0 Å². The van der Waals surface area contributed by atoms with Crippen molar-refractivity contribution in [3.63, 3.8) is 0 Å². The number of rotatable bonds is 4. The zero-order valence-corrected chi connectivity index (χ0v) is 15.1. The maximum Gasteiger partial charge on any atom is 0.209 e. The molecule has 1 atom stereocenters. The number of anilines is 1. The molecule has 2 saturated carbocycles. The fraction of sp³-hybridized carbons (Fsp3) is 0.579. The van der Waals surface area contributed by atoms with E-state index >= 15 is 0 Å². The monoisotopic (exact) mass is 358 g/mol. The Morgan fingerprint density at radius 3 is 2.84 bits per heavy atom. The molecule has 3 aliphatic rings. The van der Waals surface area contributed by atoms with Gasteiger partial charge < -0.3 is 10.1 Å². The number of ether oxygens (including phenoxy) is 1. The van der Waals surface area contributed by atoms with Gasteiger partial charge in [-0.05, 0) is 43.4 Å². The summed E-state index contributed by atoms with van der Waals surface area (Å²) in [6.45, 7) is 0.799. The predicted octanol–water partition coefficient (Wildman–Crippen LogP) is 4.84. The zero-order valence-electron chi connectivity index (χ0n) is 14.3. The predicted molar refractivity (Wildman–Crippen MR) is 98.9 cm³/mol. The molecule has 0 bridgehead atoms. The van der Waals surface area contributed by atoms with Crippen molar-refractivity contribution < 1.29 is 4.74 Å². The lowest BCUT2D eigenvalue weighted by molar-refractivity contribution is 0.0301. The molecule has 25 heavy (non-hydrogen) atoms. The second-order valence-electron chi connectivity index (χ2n) is 7.35. The Kier molecular flexibility index (Phi) is 3.94. The van der Waals surface area contributed by atoms with Crippen LogP contribution in [-0.2, 0) is 4.74 Å². The highest BCUT2D eigenvalue weighted by atomic mass is 35.5. The number of fused-ring (bicyclic) bond motifs is 5. The molecule has 2 aromatic heterocycles. The molecule has 1 unspecified atom stereocenters. The molecular formula is C19H23ClN4O. The van der Waals surface area contributed by atoms with E-state index in [-0.39, 0.29) is 0 Å². The molecule has 0 radical (unpaired) electrons. The molecule has 6 heteroatoms. The summed E-state index contributed by atoms with van der Waals surface area (Å²) in [5.74, 6) is 0.894. The second kappa shape index (κ2) is 6.29. The third-order valence-corrected chi connectivity index (χ3v) is 6.02. The summed E-state index contributed by atoms with van der Waals surface area (Å²) in [5.41, 5.74) is 4.58. The van der Waals surface area contributed by atoms with Gasteiger partial charge in [0, 0.05) is 12.1 Å². The summed E-state index contributed by atoms with van der Waals surface area (Å²) in [5, 5.41) is 4.06. The lowest BCUT2D eigenvalue weighted by Crippen LogP contribution is -2.31. The van der Waals surface area contributed by atoms with Gasteiger partial charge in [-0.1, -0.05) is 30.9 Å². The molecule has 132 valence electrons. The third kappa shape index (κ3) is 2.74. The number of nitrogens with one attached hydrogen (secondary N) is 1. The molecule has 0 amide bonds. The van der Waals surface area contributed by atoms with Crippen LogP contribution in [0, 0.1) is 0 Å². The molecule has 5 rings (SSSR count). The maximum atomic E-state index is 6.12. The van der Waals surface area contributed by atoms with Crippen LogP contribution in [0.5, 0.6) is 0 Å². The minimum atomic E-state index is 0.386. The van der Waals surface area contributed by atoms with Crippen LogP contribution in [0.4, 0.5) is 5.95 Å². The van der Waals surface area contributed by atoms with Crippen molar-refractivity contribution in [1.29, 1.82) is 0 Å². The van der Waals surface area contributed by atoms with E-state index in [2.05, 4.69) is 14.9 Å². The SMILES string of the molecule is Clc1ccc2nc3n(c2n1)C1CCC1=C(CCOC1CCCCC1)N3. The van der Waals surface area contributed by atoms with Crippen LogP contribution < -0.4 is 5.32 Å². The molecule has 3 heterocycles. The van der Waals surface area contributed by atoms with Crippen LogP contribution in [0.3, 0.4) is 0 Å². The Labute approximate surface area is 152 Å². The van der Waals surface area contributed by atoms with Crippen molar-refractivity contribution in [2.45, 2.75) is 63.5 Å². The van der Waals surface area contributed by atoms with E-state index in [0.717, 1.165) is 43.0 Å². The van der Waals surface area contributed by atoms with Gasteiger partial charge in [-0.15, -0.1) is 0 Å². The summed E-state index contributed by atoms with van der Waals surface area (Å²) in [6.07, 6.45) is 10.2. The third-order valence-electron chi connectivity index (χ3n) is 5.81. The zero-order chi connectivity index (χ0) is 16.8. The minimum absolute atomic E-state index is 0.386. The molecular weight excluding hydrogens is 336 g/mol. The van der Waals surface area contributed by atoms with Gasteiger partial charge >= 0.3 is 0 Å². The first kappa shape index (κ1) is 15.6. The van der Waals surface area contributed by atoms with Crippen molar-refractivity contribution in [2.75, 3.05) is 11.9 Å². The van der Waals surface area contributed by atoms with Crippen LogP contribution in [0.25, 0.3) is 11.2 Å². The van der Waals surface area contributed by atoms with Gasteiger partial charge in [0.15, 0.2) is 5.65 Å². The number of nitrogens with zero attached hydrogens (tertiary/aromatic N) is 3. The van der Waals surface area contributed by atoms with Gasteiger partial charge in [0.05, 0.1) is 18.8 Å². The van der Waals surface area contributed by atoms with Gasteiger partial charge in [0.2, 0.25) is 5.95 Å². The molecule has 5 nitrogen and oxygen atoms in total. The summed E-state index contributed by atoms with van der Waals surface area (Å²) < 4.78 is 8.34. The topological polar surface area (TPSA) is 52.0 Å². The number of hydrogen-bond donors (Lipinski definition) is 1. The van der Waals surface area contributed by atoms with Gasteiger partial charge in [0.25, 0.3) is 0 Å². The van der Waals surface area contributed by atoms with Gasteiger partial charge in [-0.3, -0.25) is 4.57 Å². The second-order valence-corrected chi connectivity index (χ2v) is 7.73. The van der Waals surface area contributed by atoms with Crippen LogP contribution in [0.15, 0.2) is 23.4 Å². The number of allylic oxidation sites excluding steroid dienone is 1. The van der Waals surface area contributed by atoms with Crippen LogP contribution >= 0.6 is 11.6 Å². The largest absolute Gasteiger partial charge is 0.378 e. The molecule has 2 aromatic rings. The normalized spacial score (nSPS) is 23.2. The Bertz CT molecular complexity index is 837. The smallest absolute Gasteiger partial charge is 0.209 e. The molecule has 0 spiro atoms. The average Bonchev–Trinajstić information content (AvgIpc) is 2.92. The molecule has 2 fully saturated rings. The summed E-state index contributed by atoms with van der Waals surface area (Å²) in [7, 11) is 0. The Balaban J connectivity index is 1.34. The highest BCUT2D eigenvalue weighted by Crippen LogP contribution is 2.47.